The Bertz CT molecular complexity index is 1470. The molecule has 9 nitrogen and oxygen atoms in total. The normalized spacial score (nSPS) is 14.8. The van der Waals surface area contributed by atoms with E-state index in [2.05, 4.69) is 9.88 Å². The lowest BCUT2D eigenvalue weighted by Crippen LogP contribution is -2.43. The third-order valence-corrected chi connectivity index (χ3v) is 10.2. The zero-order chi connectivity index (χ0) is 26.6. The van der Waals surface area contributed by atoms with Gasteiger partial charge >= 0.3 is 0 Å². The lowest BCUT2D eigenvalue weighted by molar-refractivity contribution is -0.118. The van der Waals surface area contributed by atoms with E-state index in [1.807, 2.05) is 6.92 Å². The van der Waals surface area contributed by atoms with Crippen molar-refractivity contribution in [3.63, 3.8) is 0 Å². The summed E-state index contributed by atoms with van der Waals surface area (Å²) in [6.45, 7) is 5.63. The summed E-state index contributed by atoms with van der Waals surface area (Å²) >= 11 is 1.26. The average molecular weight is 602 g/mol. The molecule has 1 aromatic heterocycles. The summed E-state index contributed by atoms with van der Waals surface area (Å²) in [6, 6.07) is 11.6. The fraction of sp³-hybridized carbons (Fsp3) is 0.440. The maximum atomic E-state index is 13.4. The zero-order valence-corrected chi connectivity index (χ0v) is 24.6. The first-order chi connectivity index (χ1) is 17.5. The second-order valence-corrected chi connectivity index (χ2v) is 14.2. The first-order valence-electron chi connectivity index (χ1n) is 12.0. The SMILES string of the molecule is Cc1ccc(S(=O)(=O)CCCC(=O)N(CCN2CCOCC2)c2nc3c(S(C)(=O)=O)cccc3s2)cc1.Cl. The van der Waals surface area contributed by atoms with Crippen LogP contribution in [0.25, 0.3) is 10.2 Å². The Morgan fingerprint density at radius 3 is 2.42 bits per heavy atom. The molecular weight excluding hydrogens is 570 g/mol. The fourth-order valence-electron chi connectivity index (χ4n) is 4.13. The first kappa shape index (κ1) is 30.5. The fourth-order valence-corrected chi connectivity index (χ4v) is 7.38. The minimum Gasteiger partial charge on any atom is -0.379 e. The number of nitrogens with zero attached hydrogens (tertiary/aromatic N) is 3. The molecule has 0 N–H and O–H groups in total. The quantitative estimate of drug-likeness (QED) is 0.348. The lowest BCUT2D eigenvalue weighted by atomic mass is 10.2. The van der Waals surface area contributed by atoms with Crippen molar-refractivity contribution in [3.05, 3.63) is 48.0 Å². The van der Waals surface area contributed by atoms with Crippen molar-refractivity contribution < 1.29 is 26.4 Å². The standard InChI is InChI=1S/C25H31N3O6S3.ClH/c1-19-8-10-20(11-9-19)37(32,33)18-4-7-23(29)28(13-12-27-14-16-34-17-15-27)25-26-24-21(35-25)5-3-6-22(24)36(2,30)31;/h3,5-6,8-11H,4,7,12-18H2,1-2H3;1H. The Hall–Kier alpha value is -2.09. The second kappa shape index (κ2) is 12.8. The van der Waals surface area contributed by atoms with E-state index in [1.54, 1.807) is 41.3 Å². The number of amides is 1. The molecule has 1 amide bonds. The van der Waals surface area contributed by atoms with E-state index in [4.69, 9.17) is 4.74 Å². The minimum atomic E-state index is -3.51. The highest BCUT2D eigenvalue weighted by Gasteiger charge is 2.24. The molecule has 0 spiro atoms. The smallest absolute Gasteiger partial charge is 0.228 e. The van der Waals surface area contributed by atoms with Crippen LogP contribution in [0.1, 0.15) is 18.4 Å². The van der Waals surface area contributed by atoms with Crippen LogP contribution in [0.5, 0.6) is 0 Å². The van der Waals surface area contributed by atoms with Gasteiger partial charge in [0, 0.05) is 38.9 Å². The average Bonchev–Trinajstić information content (AvgIpc) is 3.28. The van der Waals surface area contributed by atoms with Crippen molar-refractivity contribution in [1.29, 1.82) is 0 Å². The number of rotatable bonds is 10. The van der Waals surface area contributed by atoms with Crippen molar-refractivity contribution in [3.8, 4) is 0 Å². The molecule has 208 valence electrons. The van der Waals surface area contributed by atoms with E-state index in [1.165, 1.54) is 17.4 Å². The number of anilines is 1. The van der Waals surface area contributed by atoms with Crippen LogP contribution in [0.3, 0.4) is 0 Å². The molecular formula is C25H32ClN3O6S3. The van der Waals surface area contributed by atoms with Gasteiger partial charge in [-0.3, -0.25) is 14.6 Å². The molecule has 3 aromatic rings. The monoisotopic (exact) mass is 601 g/mol. The van der Waals surface area contributed by atoms with Gasteiger partial charge in [0.25, 0.3) is 0 Å². The van der Waals surface area contributed by atoms with Crippen molar-refractivity contribution in [1.82, 2.24) is 9.88 Å². The molecule has 4 rings (SSSR count). The molecule has 0 unspecified atom stereocenters. The Balaban J connectivity index is 0.00000400. The molecule has 1 aliphatic heterocycles. The number of morpholine rings is 1. The van der Waals surface area contributed by atoms with Crippen LogP contribution >= 0.6 is 23.7 Å². The van der Waals surface area contributed by atoms with E-state index < -0.39 is 19.7 Å². The van der Waals surface area contributed by atoms with Crippen LogP contribution < -0.4 is 4.90 Å². The molecule has 38 heavy (non-hydrogen) atoms. The molecule has 0 radical (unpaired) electrons. The number of thiazole rings is 1. The predicted octanol–water partition coefficient (Wildman–Crippen LogP) is 3.35. The molecule has 0 saturated carbocycles. The molecule has 1 fully saturated rings. The molecule has 0 aliphatic carbocycles. The maximum Gasteiger partial charge on any atom is 0.228 e. The van der Waals surface area contributed by atoms with Crippen LogP contribution in [0, 0.1) is 6.92 Å². The second-order valence-electron chi connectivity index (χ2n) is 9.11. The first-order valence-corrected chi connectivity index (χ1v) is 16.4. The van der Waals surface area contributed by atoms with Crippen LogP contribution in [-0.2, 0) is 29.2 Å². The van der Waals surface area contributed by atoms with E-state index in [0.29, 0.717) is 41.7 Å². The highest BCUT2D eigenvalue weighted by Crippen LogP contribution is 2.33. The van der Waals surface area contributed by atoms with E-state index in [-0.39, 0.29) is 46.7 Å². The zero-order valence-electron chi connectivity index (χ0n) is 21.3. The maximum absolute atomic E-state index is 13.4. The summed E-state index contributed by atoms with van der Waals surface area (Å²) in [5.41, 5.74) is 1.32. The molecule has 2 aromatic carbocycles. The van der Waals surface area contributed by atoms with Crippen LogP contribution in [0.2, 0.25) is 0 Å². The minimum absolute atomic E-state index is 0. The topological polar surface area (TPSA) is 114 Å². The largest absolute Gasteiger partial charge is 0.379 e. The van der Waals surface area contributed by atoms with Gasteiger partial charge in [0.2, 0.25) is 5.91 Å². The number of aryl methyl sites for hydroxylation is 1. The third-order valence-electron chi connectivity index (χ3n) is 6.23. The van der Waals surface area contributed by atoms with Gasteiger partial charge in [-0.15, -0.1) is 12.4 Å². The molecule has 2 heterocycles. The van der Waals surface area contributed by atoms with Gasteiger partial charge in [0.15, 0.2) is 24.8 Å². The van der Waals surface area contributed by atoms with Gasteiger partial charge in [-0.05, 0) is 37.6 Å². The van der Waals surface area contributed by atoms with Gasteiger partial charge in [-0.25, -0.2) is 21.8 Å². The van der Waals surface area contributed by atoms with E-state index in [0.717, 1.165) is 24.9 Å². The number of benzene rings is 2. The molecule has 0 atom stereocenters. The number of fused-ring (bicyclic) bond motifs is 1. The van der Waals surface area contributed by atoms with Gasteiger partial charge in [0.05, 0.1) is 33.5 Å². The Kier molecular flexibility index (Phi) is 10.3. The Morgan fingerprint density at radius 1 is 1.08 bits per heavy atom. The number of carbonyl (C=O) groups excluding carboxylic acids is 1. The van der Waals surface area contributed by atoms with Crippen molar-refractivity contribution in [2.45, 2.75) is 29.6 Å². The number of ether oxygens (including phenoxy) is 1. The lowest BCUT2D eigenvalue weighted by Gasteiger charge is -2.29. The Morgan fingerprint density at radius 2 is 1.76 bits per heavy atom. The van der Waals surface area contributed by atoms with Gasteiger partial charge in [-0.2, -0.15) is 0 Å². The summed E-state index contributed by atoms with van der Waals surface area (Å²) in [4.78, 5) is 22.1. The molecule has 1 aliphatic rings. The summed E-state index contributed by atoms with van der Waals surface area (Å²) in [5, 5.41) is 0.408. The summed E-state index contributed by atoms with van der Waals surface area (Å²) in [5.74, 6) is -0.385. The van der Waals surface area contributed by atoms with Crippen molar-refractivity contribution >= 4 is 64.7 Å². The molecule has 0 bridgehead atoms. The number of sulfone groups is 2. The van der Waals surface area contributed by atoms with Gasteiger partial charge < -0.3 is 4.74 Å². The van der Waals surface area contributed by atoms with Crippen molar-refractivity contribution in [2.24, 2.45) is 0 Å². The number of halogens is 1. The van der Waals surface area contributed by atoms with E-state index >= 15 is 0 Å². The number of carbonyl (C=O) groups is 1. The van der Waals surface area contributed by atoms with Crippen LogP contribution in [0.4, 0.5) is 5.13 Å². The summed E-state index contributed by atoms with van der Waals surface area (Å²) < 4.78 is 56.1. The summed E-state index contributed by atoms with van der Waals surface area (Å²) in [6.07, 6.45) is 1.34. The van der Waals surface area contributed by atoms with Crippen molar-refractivity contribution in [2.75, 3.05) is 56.3 Å². The summed E-state index contributed by atoms with van der Waals surface area (Å²) in [7, 11) is -7.01. The number of aromatic nitrogens is 1. The number of hydrogen-bond donors (Lipinski definition) is 0. The number of hydrogen-bond acceptors (Lipinski definition) is 9. The van der Waals surface area contributed by atoms with Gasteiger partial charge in [0.1, 0.15) is 5.52 Å². The molecule has 13 heteroatoms. The molecule has 1 saturated heterocycles. The van der Waals surface area contributed by atoms with Gasteiger partial charge in [-0.1, -0.05) is 35.1 Å². The van der Waals surface area contributed by atoms with Crippen LogP contribution in [0.15, 0.2) is 52.3 Å². The van der Waals surface area contributed by atoms with Crippen LogP contribution in [-0.4, -0.2) is 84.0 Å². The number of para-hydroxylation sites is 1. The Labute approximate surface area is 234 Å². The third kappa shape index (κ3) is 7.51. The highest BCUT2D eigenvalue weighted by atomic mass is 35.5. The highest BCUT2D eigenvalue weighted by molar-refractivity contribution is 7.91. The van der Waals surface area contributed by atoms with E-state index in [9.17, 15) is 21.6 Å². The predicted molar refractivity (Wildman–Crippen MR) is 152 cm³/mol.